The first kappa shape index (κ1) is 24.1. The molecule has 1 aromatic heterocycles. The average Bonchev–Trinajstić information content (AvgIpc) is 3.19. The first-order chi connectivity index (χ1) is 17.4. The Morgan fingerprint density at radius 2 is 1.89 bits per heavy atom. The summed E-state index contributed by atoms with van der Waals surface area (Å²) in [4.78, 5) is 38.5. The Bertz CT molecular complexity index is 1360. The fourth-order valence-corrected chi connectivity index (χ4v) is 6.13. The van der Waals surface area contributed by atoms with E-state index in [9.17, 15) is 14.4 Å². The molecule has 1 aliphatic carbocycles. The molecule has 1 fully saturated rings. The molecule has 2 aromatic carbocycles. The van der Waals surface area contributed by atoms with Gasteiger partial charge in [-0.3, -0.25) is 14.4 Å². The smallest absolute Gasteiger partial charge is 0.263 e. The van der Waals surface area contributed by atoms with Gasteiger partial charge < -0.3 is 21.3 Å². The zero-order valence-corrected chi connectivity index (χ0v) is 21.1. The van der Waals surface area contributed by atoms with Crippen molar-refractivity contribution in [3.8, 4) is 0 Å². The number of rotatable bonds is 5. The molecule has 3 amide bonds. The highest BCUT2D eigenvalue weighted by atomic mass is 32.1. The zero-order chi connectivity index (χ0) is 25.2. The van der Waals surface area contributed by atoms with Crippen LogP contribution in [-0.2, 0) is 4.79 Å². The van der Waals surface area contributed by atoms with Gasteiger partial charge in [0.05, 0.1) is 5.69 Å². The number of nitrogens with one attached hydrogen (secondary N) is 4. The van der Waals surface area contributed by atoms with Crippen molar-refractivity contribution in [2.24, 2.45) is 0 Å². The van der Waals surface area contributed by atoms with Crippen molar-refractivity contribution >= 4 is 56.2 Å². The minimum absolute atomic E-state index is 0.0194. The van der Waals surface area contributed by atoms with Crippen LogP contribution in [0.5, 0.6) is 0 Å². The third-order valence-corrected chi connectivity index (χ3v) is 8.09. The van der Waals surface area contributed by atoms with Crippen LogP contribution in [0.3, 0.4) is 0 Å². The lowest BCUT2D eigenvalue weighted by Crippen LogP contribution is -2.34. The molecule has 1 atom stereocenters. The Balaban J connectivity index is 1.42. The number of fused-ring (bicyclic) bond motifs is 3. The maximum absolute atomic E-state index is 13.2. The summed E-state index contributed by atoms with van der Waals surface area (Å²) in [7, 11) is 0. The number of hydrogen-bond donors (Lipinski definition) is 4. The molecule has 1 saturated carbocycles. The molecule has 5 rings (SSSR count). The summed E-state index contributed by atoms with van der Waals surface area (Å²) >= 11 is 1.42. The number of carbonyl (C=O) groups is 3. The van der Waals surface area contributed by atoms with Gasteiger partial charge in [0.25, 0.3) is 11.8 Å². The second-order valence-corrected chi connectivity index (χ2v) is 10.6. The van der Waals surface area contributed by atoms with Crippen molar-refractivity contribution < 1.29 is 14.4 Å². The molecule has 8 heteroatoms. The number of amides is 3. The topological polar surface area (TPSA) is 99.3 Å². The van der Waals surface area contributed by atoms with E-state index in [1.807, 2.05) is 37.3 Å². The Morgan fingerprint density at radius 1 is 1.08 bits per heavy atom. The van der Waals surface area contributed by atoms with E-state index in [1.165, 1.54) is 36.7 Å². The molecule has 4 N–H and O–H groups in total. The number of hydrogen-bond acceptors (Lipinski definition) is 5. The maximum Gasteiger partial charge on any atom is 0.263 e. The lowest BCUT2D eigenvalue weighted by molar-refractivity contribution is -0.111. The minimum atomic E-state index is -0.273. The van der Waals surface area contributed by atoms with Crippen LogP contribution in [-0.4, -0.2) is 30.3 Å². The molecule has 0 saturated heterocycles. The SMILES string of the molecule is C=CC(=O)Nc1cc(NC(=O)c2ccc3sc4c(c3c2)NC[C@@H](C)NC4=O)ccc1C1CCCCC1. The standard InChI is InChI=1S/C28H30N4O3S/c1-3-24(33)32-22-14-19(10-11-20(22)17-7-5-4-6-8-17)31-27(34)18-9-12-23-21(13-18)25-26(36-23)28(35)30-16(2)15-29-25/h3,9-14,16-17,29H,1,4-8,15H2,2H3,(H,30,35)(H,31,34)(H,32,33)/t16-/m1/s1. The van der Waals surface area contributed by atoms with Crippen molar-refractivity contribution in [2.75, 3.05) is 22.5 Å². The fraction of sp³-hybridized carbons (Fsp3) is 0.321. The summed E-state index contributed by atoms with van der Waals surface area (Å²) < 4.78 is 0.944. The Kier molecular flexibility index (Phi) is 6.78. The van der Waals surface area contributed by atoms with E-state index in [4.69, 9.17) is 0 Å². The molecule has 0 spiro atoms. The molecule has 36 heavy (non-hydrogen) atoms. The van der Waals surface area contributed by atoms with Gasteiger partial charge in [-0.25, -0.2) is 0 Å². The number of anilines is 3. The molecular weight excluding hydrogens is 472 g/mol. The van der Waals surface area contributed by atoms with Crippen LogP contribution in [0.1, 0.15) is 70.5 Å². The second-order valence-electron chi connectivity index (χ2n) is 9.56. The lowest BCUT2D eigenvalue weighted by atomic mass is 9.83. The van der Waals surface area contributed by atoms with Gasteiger partial charge in [0.15, 0.2) is 0 Å². The fourth-order valence-electron chi connectivity index (χ4n) is 5.07. The summed E-state index contributed by atoms with van der Waals surface area (Å²) in [5.41, 5.74) is 3.69. The van der Waals surface area contributed by atoms with Gasteiger partial charge in [0, 0.05) is 39.6 Å². The highest BCUT2D eigenvalue weighted by Crippen LogP contribution is 2.39. The van der Waals surface area contributed by atoms with E-state index in [0.29, 0.717) is 34.3 Å². The van der Waals surface area contributed by atoms with Crippen molar-refractivity contribution in [3.05, 3.63) is 65.1 Å². The van der Waals surface area contributed by atoms with Crippen molar-refractivity contribution in [3.63, 3.8) is 0 Å². The van der Waals surface area contributed by atoms with Crippen LogP contribution in [0.2, 0.25) is 0 Å². The largest absolute Gasteiger partial charge is 0.381 e. The molecule has 0 radical (unpaired) electrons. The summed E-state index contributed by atoms with van der Waals surface area (Å²) in [5, 5.41) is 13.1. The zero-order valence-electron chi connectivity index (χ0n) is 20.3. The summed E-state index contributed by atoms with van der Waals surface area (Å²) in [6.07, 6.45) is 7.06. The summed E-state index contributed by atoms with van der Waals surface area (Å²) in [5.74, 6) is -0.228. The molecule has 0 bridgehead atoms. The highest BCUT2D eigenvalue weighted by molar-refractivity contribution is 7.21. The molecule has 1 aliphatic heterocycles. The normalized spacial score (nSPS) is 17.9. The third-order valence-electron chi connectivity index (χ3n) is 6.92. The average molecular weight is 503 g/mol. The Hall–Kier alpha value is -3.65. The van der Waals surface area contributed by atoms with Gasteiger partial charge in [0.1, 0.15) is 4.88 Å². The van der Waals surface area contributed by atoms with E-state index in [1.54, 1.807) is 6.07 Å². The van der Waals surface area contributed by atoms with E-state index >= 15 is 0 Å². The van der Waals surface area contributed by atoms with Crippen molar-refractivity contribution in [2.45, 2.75) is 51.0 Å². The lowest BCUT2D eigenvalue weighted by Gasteiger charge is -2.25. The van der Waals surface area contributed by atoms with Crippen LogP contribution in [0, 0.1) is 0 Å². The van der Waals surface area contributed by atoms with Crippen LogP contribution in [0.25, 0.3) is 10.1 Å². The second kappa shape index (κ2) is 10.1. The van der Waals surface area contributed by atoms with Crippen LogP contribution < -0.4 is 21.3 Å². The number of benzene rings is 2. The van der Waals surface area contributed by atoms with E-state index < -0.39 is 0 Å². The molecule has 2 heterocycles. The monoisotopic (exact) mass is 502 g/mol. The number of thiophene rings is 1. The molecule has 7 nitrogen and oxygen atoms in total. The van der Waals surface area contributed by atoms with E-state index in [0.717, 1.165) is 34.2 Å². The van der Waals surface area contributed by atoms with Crippen LogP contribution in [0.15, 0.2) is 49.1 Å². The quantitative estimate of drug-likeness (QED) is 0.328. The van der Waals surface area contributed by atoms with E-state index in [-0.39, 0.29) is 23.8 Å². The first-order valence-corrected chi connectivity index (χ1v) is 13.2. The van der Waals surface area contributed by atoms with Gasteiger partial charge in [0.2, 0.25) is 5.91 Å². The van der Waals surface area contributed by atoms with Gasteiger partial charge in [-0.1, -0.05) is 31.9 Å². The number of carbonyl (C=O) groups excluding carboxylic acids is 3. The minimum Gasteiger partial charge on any atom is -0.381 e. The van der Waals surface area contributed by atoms with Gasteiger partial charge in [-0.15, -0.1) is 11.3 Å². The van der Waals surface area contributed by atoms with Gasteiger partial charge in [-0.2, -0.15) is 0 Å². The highest BCUT2D eigenvalue weighted by Gasteiger charge is 2.24. The Morgan fingerprint density at radius 3 is 2.67 bits per heavy atom. The maximum atomic E-state index is 13.2. The summed E-state index contributed by atoms with van der Waals surface area (Å²) in [6.45, 7) is 6.13. The predicted molar refractivity (Wildman–Crippen MR) is 146 cm³/mol. The summed E-state index contributed by atoms with van der Waals surface area (Å²) in [6, 6.07) is 11.2. The van der Waals surface area contributed by atoms with Crippen LogP contribution >= 0.6 is 11.3 Å². The Labute approximate surface area is 214 Å². The van der Waals surface area contributed by atoms with E-state index in [2.05, 4.69) is 27.8 Å². The predicted octanol–water partition coefficient (Wildman–Crippen LogP) is 5.87. The molecule has 0 unspecified atom stereocenters. The van der Waals surface area contributed by atoms with Crippen molar-refractivity contribution in [1.29, 1.82) is 0 Å². The molecule has 186 valence electrons. The molecular formula is C28H30N4O3S. The van der Waals surface area contributed by atoms with Gasteiger partial charge >= 0.3 is 0 Å². The third kappa shape index (κ3) is 4.86. The molecule has 3 aromatic rings. The van der Waals surface area contributed by atoms with Crippen molar-refractivity contribution in [1.82, 2.24) is 5.32 Å². The molecule has 2 aliphatic rings. The van der Waals surface area contributed by atoms with Gasteiger partial charge in [-0.05, 0) is 67.7 Å². The first-order valence-electron chi connectivity index (χ1n) is 12.4. The van der Waals surface area contributed by atoms with Crippen LogP contribution in [0.4, 0.5) is 17.1 Å².